The van der Waals surface area contributed by atoms with Crippen LogP contribution in [-0.4, -0.2) is 53.7 Å². The van der Waals surface area contributed by atoms with E-state index in [0.717, 1.165) is 11.7 Å². The summed E-state index contributed by atoms with van der Waals surface area (Å²) in [5.74, 6) is -0.0999. The van der Waals surface area contributed by atoms with Crippen LogP contribution in [0.25, 0.3) is 0 Å². The van der Waals surface area contributed by atoms with Gasteiger partial charge in [-0.25, -0.2) is 13.2 Å². The van der Waals surface area contributed by atoms with E-state index in [2.05, 4.69) is 13.5 Å². The van der Waals surface area contributed by atoms with Gasteiger partial charge in [-0.05, 0) is 30.7 Å². The van der Waals surface area contributed by atoms with Gasteiger partial charge in [0.25, 0.3) is 0 Å². The Labute approximate surface area is 143 Å². The molecule has 1 saturated heterocycles. The predicted octanol–water partition coefficient (Wildman–Crippen LogP) is 1.17. The fourth-order valence-electron chi connectivity index (χ4n) is 2.42. The lowest BCUT2D eigenvalue weighted by Gasteiger charge is -2.16. The molecule has 24 heavy (non-hydrogen) atoms. The molecule has 1 aromatic carbocycles. The van der Waals surface area contributed by atoms with Crippen LogP contribution in [0.4, 0.5) is 0 Å². The van der Waals surface area contributed by atoms with E-state index in [1.807, 2.05) is 0 Å². The highest BCUT2D eigenvalue weighted by molar-refractivity contribution is 7.89. The molecule has 0 radical (unpaired) electrons. The zero-order valence-corrected chi connectivity index (χ0v) is 14.4. The van der Waals surface area contributed by atoms with Crippen LogP contribution in [0.3, 0.4) is 0 Å². The second-order valence-corrected chi connectivity index (χ2v) is 7.65. The molecule has 8 nitrogen and oxygen atoms in total. The second-order valence-electron chi connectivity index (χ2n) is 5.15. The number of esters is 1. The highest BCUT2D eigenvalue weighted by Crippen LogP contribution is 2.24. The Bertz CT molecular complexity index is 805. The molecule has 0 amide bonds. The van der Waals surface area contributed by atoms with Crippen molar-refractivity contribution in [2.45, 2.75) is 17.4 Å². The Morgan fingerprint density at radius 2 is 2.08 bits per heavy atom. The number of methoxy groups -OCH3 is 1. The quantitative estimate of drug-likeness (QED) is 0.730. The first-order valence-electron chi connectivity index (χ1n) is 7.13. The molecule has 0 N–H and O–H groups in total. The number of nitrogens with zero attached hydrogens (tertiary/aromatic N) is 3. The zero-order valence-electron chi connectivity index (χ0n) is 12.8. The van der Waals surface area contributed by atoms with Gasteiger partial charge in [-0.2, -0.15) is 8.68 Å². The molecular formula is C14H15N3O5S2. The monoisotopic (exact) mass is 369 g/mol. The Balaban J connectivity index is 1.70. The molecule has 1 aliphatic heterocycles. The fourth-order valence-corrected chi connectivity index (χ4v) is 4.26. The third-order valence-electron chi connectivity index (χ3n) is 3.65. The number of sulfonamides is 1. The van der Waals surface area contributed by atoms with Crippen molar-refractivity contribution in [1.82, 2.24) is 13.1 Å². The summed E-state index contributed by atoms with van der Waals surface area (Å²) in [6, 6.07) is 5.67. The summed E-state index contributed by atoms with van der Waals surface area (Å²) in [7, 11) is -2.36. The van der Waals surface area contributed by atoms with Gasteiger partial charge in [0.2, 0.25) is 15.9 Å². The minimum absolute atomic E-state index is 0.131. The van der Waals surface area contributed by atoms with E-state index in [1.165, 1.54) is 41.9 Å². The number of carbonyl (C=O) groups excluding carboxylic acids is 1. The van der Waals surface area contributed by atoms with E-state index in [1.54, 1.807) is 0 Å². The van der Waals surface area contributed by atoms with Gasteiger partial charge in [-0.3, -0.25) is 0 Å². The number of rotatable bonds is 5. The zero-order chi connectivity index (χ0) is 17.2. The first kappa shape index (κ1) is 16.8. The molecule has 1 aliphatic rings. The minimum Gasteiger partial charge on any atom is -0.471 e. The van der Waals surface area contributed by atoms with Crippen LogP contribution in [0.2, 0.25) is 0 Å². The average Bonchev–Trinajstić information content (AvgIpc) is 3.27. The summed E-state index contributed by atoms with van der Waals surface area (Å²) in [6.07, 6.45) is 1.84. The molecule has 1 aromatic heterocycles. The standard InChI is InChI=1S/C14H15N3O5S2/c1-21-14(18)10-2-4-12(5-3-10)24(19,20)17-7-6-11(9-17)22-13-8-15-23-16-13/h2-5,8,11H,6-7,9H2,1H3. The minimum atomic E-state index is -3.63. The highest BCUT2D eigenvalue weighted by Gasteiger charge is 2.34. The SMILES string of the molecule is COC(=O)c1ccc(S(=O)(=O)N2CCC(Oc3cnsn3)C2)cc1. The van der Waals surface area contributed by atoms with E-state index < -0.39 is 16.0 Å². The lowest BCUT2D eigenvalue weighted by atomic mass is 10.2. The normalized spacial score (nSPS) is 18.5. The molecule has 128 valence electrons. The maximum Gasteiger partial charge on any atom is 0.337 e. The van der Waals surface area contributed by atoms with Crippen LogP contribution in [0.5, 0.6) is 5.88 Å². The summed E-state index contributed by atoms with van der Waals surface area (Å²) in [4.78, 5) is 11.5. The maximum absolute atomic E-state index is 12.7. The number of benzene rings is 1. The van der Waals surface area contributed by atoms with Crippen molar-refractivity contribution < 1.29 is 22.7 Å². The molecule has 2 aromatic rings. The van der Waals surface area contributed by atoms with Gasteiger partial charge in [-0.15, -0.1) is 4.37 Å². The number of aromatic nitrogens is 2. The summed E-state index contributed by atoms with van der Waals surface area (Å²) >= 11 is 1.04. The van der Waals surface area contributed by atoms with Gasteiger partial charge in [-0.1, -0.05) is 0 Å². The van der Waals surface area contributed by atoms with Crippen molar-refractivity contribution in [2.24, 2.45) is 0 Å². The third kappa shape index (κ3) is 3.40. The molecule has 1 unspecified atom stereocenters. The molecule has 1 atom stereocenters. The molecule has 10 heteroatoms. The Kier molecular flexibility index (Phi) is 4.78. The second kappa shape index (κ2) is 6.83. The van der Waals surface area contributed by atoms with E-state index in [4.69, 9.17) is 4.74 Å². The highest BCUT2D eigenvalue weighted by atomic mass is 32.2. The molecule has 0 aliphatic carbocycles. The first-order chi connectivity index (χ1) is 11.5. The molecule has 1 fully saturated rings. The van der Waals surface area contributed by atoms with Gasteiger partial charge in [0.05, 0.1) is 35.8 Å². The first-order valence-corrected chi connectivity index (χ1v) is 9.30. The largest absolute Gasteiger partial charge is 0.471 e. The van der Waals surface area contributed by atoms with Crippen LogP contribution >= 0.6 is 11.7 Å². The smallest absolute Gasteiger partial charge is 0.337 e. The lowest BCUT2D eigenvalue weighted by Crippen LogP contribution is -2.31. The molecule has 0 spiro atoms. The van der Waals surface area contributed by atoms with Crippen molar-refractivity contribution in [3.63, 3.8) is 0 Å². The molecule has 0 saturated carbocycles. The molecule has 2 heterocycles. The van der Waals surface area contributed by atoms with Crippen molar-refractivity contribution in [2.75, 3.05) is 20.2 Å². The van der Waals surface area contributed by atoms with Crippen LogP contribution in [0.1, 0.15) is 16.8 Å². The number of ether oxygens (including phenoxy) is 2. The maximum atomic E-state index is 12.7. The van der Waals surface area contributed by atoms with E-state index >= 15 is 0 Å². The topological polar surface area (TPSA) is 98.7 Å². The average molecular weight is 369 g/mol. The van der Waals surface area contributed by atoms with Gasteiger partial charge in [0.15, 0.2) is 0 Å². The summed E-state index contributed by atoms with van der Waals surface area (Å²) in [5, 5.41) is 0. The Morgan fingerprint density at radius 1 is 1.33 bits per heavy atom. The van der Waals surface area contributed by atoms with E-state index in [0.29, 0.717) is 24.4 Å². The number of hydrogen-bond acceptors (Lipinski definition) is 8. The van der Waals surface area contributed by atoms with Gasteiger partial charge in [0, 0.05) is 6.54 Å². The summed E-state index contributed by atoms with van der Waals surface area (Å²) < 4.78 is 44.7. The fraction of sp³-hybridized carbons (Fsp3) is 0.357. The predicted molar refractivity (Wildman–Crippen MR) is 85.5 cm³/mol. The number of hydrogen-bond donors (Lipinski definition) is 0. The van der Waals surface area contributed by atoms with Crippen molar-refractivity contribution >= 4 is 27.7 Å². The van der Waals surface area contributed by atoms with E-state index in [9.17, 15) is 13.2 Å². The van der Waals surface area contributed by atoms with Crippen molar-refractivity contribution in [3.8, 4) is 5.88 Å². The summed E-state index contributed by atoms with van der Waals surface area (Å²) in [6.45, 7) is 0.613. The molecular weight excluding hydrogens is 354 g/mol. The Morgan fingerprint density at radius 3 is 2.71 bits per heavy atom. The summed E-state index contributed by atoms with van der Waals surface area (Å²) in [5.41, 5.74) is 0.301. The molecule has 0 bridgehead atoms. The van der Waals surface area contributed by atoms with Gasteiger partial charge >= 0.3 is 5.97 Å². The van der Waals surface area contributed by atoms with Crippen LogP contribution in [-0.2, 0) is 14.8 Å². The Hall–Kier alpha value is -2.04. The van der Waals surface area contributed by atoms with Crippen LogP contribution in [0.15, 0.2) is 35.4 Å². The van der Waals surface area contributed by atoms with Crippen LogP contribution in [0, 0.1) is 0 Å². The van der Waals surface area contributed by atoms with E-state index in [-0.39, 0.29) is 17.5 Å². The van der Waals surface area contributed by atoms with Gasteiger partial charge < -0.3 is 9.47 Å². The van der Waals surface area contributed by atoms with Crippen LogP contribution < -0.4 is 4.74 Å². The van der Waals surface area contributed by atoms with Gasteiger partial charge in [0.1, 0.15) is 12.3 Å². The number of carbonyl (C=O) groups is 1. The van der Waals surface area contributed by atoms with Crippen molar-refractivity contribution in [1.29, 1.82) is 0 Å². The van der Waals surface area contributed by atoms with Crippen molar-refractivity contribution in [3.05, 3.63) is 36.0 Å². The third-order valence-corrected chi connectivity index (χ3v) is 5.99. The molecule has 3 rings (SSSR count). The lowest BCUT2D eigenvalue weighted by molar-refractivity contribution is 0.0600.